The molecule has 0 aromatic heterocycles. The number of hydrogen-bond donors (Lipinski definition) is 1. The van der Waals surface area contributed by atoms with Gasteiger partial charge in [0.2, 0.25) is 10.0 Å². The number of rotatable bonds is 3. The zero-order valence-corrected chi connectivity index (χ0v) is 12.4. The second-order valence-electron chi connectivity index (χ2n) is 6.03. The van der Waals surface area contributed by atoms with Crippen LogP contribution in [0.4, 0.5) is 0 Å². The molecule has 2 aliphatic rings. The Labute approximate surface area is 111 Å². The number of sulfonamides is 1. The average molecular weight is 275 g/mol. The van der Waals surface area contributed by atoms with Crippen molar-refractivity contribution in [1.82, 2.24) is 4.72 Å². The van der Waals surface area contributed by atoms with Crippen LogP contribution in [0.3, 0.4) is 0 Å². The maximum atomic E-state index is 12.3. The van der Waals surface area contributed by atoms with Crippen molar-refractivity contribution in [3.05, 3.63) is 0 Å². The van der Waals surface area contributed by atoms with E-state index >= 15 is 0 Å². The van der Waals surface area contributed by atoms with E-state index in [-0.39, 0.29) is 17.4 Å². The van der Waals surface area contributed by atoms with Crippen LogP contribution in [0.1, 0.15) is 46.5 Å². The van der Waals surface area contributed by atoms with E-state index < -0.39 is 10.0 Å². The third-order valence-electron chi connectivity index (χ3n) is 4.63. The van der Waals surface area contributed by atoms with Gasteiger partial charge in [0.25, 0.3) is 0 Å². The van der Waals surface area contributed by atoms with Gasteiger partial charge in [0.05, 0.1) is 6.10 Å². The second kappa shape index (κ2) is 5.47. The van der Waals surface area contributed by atoms with Crippen molar-refractivity contribution in [2.75, 3.05) is 6.61 Å². The van der Waals surface area contributed by atoms with Crippen molar-refractivity contribution in [1.29, 1.82) is 0 Å². The Morgan fingerprint density at radius 2 is 1.78 bits per heavy atom. The van der Waals surface area contributed by atoms with Crippen LogP contribution in [0, 0.1) is 11.8 Å². The fourth-order valence-corrected chi connectivity index (χ4v) is 4.94. The topological polar surface area (TPSA) is 55.4 Å². The van der Waals surface area contributed by atoms with Gasteiger partial charge in [-0.1, -0.05) is 13.8 Å². The van der Waals surface area contributed by atoms with E-state index in [1.54, 1.807) is 0 Å². The summed E-state index contributed by atoms with van der Waals surface area (Å²) in [6, 6.07) is 0.119. The highest BCUT2D eigenvalue weighted by molar-refractivity contribution is 7.90. The van der Waals surface area contributed by atoms with Crippen LogP contribution in [0.15, 0.2) is 0 Å². The molecular formula is C13H25NO3S. The Bertz CT molecular complexity index is 382. The van der Waals surface area contributed by atoms with Gasteiger partial charge in [-0.3, -0.25) is 0 Å². The minimum atomic E-state index is -3.22. The molecule has 106 valence electrons. The van der Waals surface area contributed by atoms with Gasteiger partial charge in [0, 0.05) is 12.6 Å². The molecular weight excluding hydrogens is 250 g/mol. The van der Waals surface area contributed by atoms with Crippen LogP contribution in [0.2, 0.25) is 0 Å². The number of nitrogens with one attached hydrogen (secondary N) is 1. The normalized spacial score (nSPS) is 42.1. The number of hydrogen-bond acceptors (Lipinski definition) is 3. The summed E-state index contributed by atoms with van der Waals surface area (Å²) in [6.45, 7) is 6.88. The molecule has 0 radical (unpaired) electrons. The number of ether oxygens (including phenoxy) is 1. The minimum absolute atomic E-state index is 0.119. The molecule has 5 atom stereocenters. The quantitative estimate of drug-likeness (QED) is 0.856. The van der Waals surface area contributed by atoms with Gasteiger partial charge < -0.3 is 4.74 Å². The lowest BCUT2D eigenvalue weighted by Crippen LogP contribution is -2.45. The molecule has 0 aromatic rings. The van der Waals surface area contributed by atoms with Crippen molar-refractivity contribution in [2.45, 2.75) is 63.9 Å². The summed E-state index contributed by atoms with van der Waals surface area (Å²) in [4.78, 5) is 0. The molecule has 2 fully saturated rings. The van der Waals surface area contributed by atoms with Gasteiger partial charge in [-0.15, -0.1) is 0 Å². The zero-order chi connectivity index (χ0) is 13.3. The summed E-state index contributed by atoms with van der Waals surface area (Å²) in [5, 5.41) is -0.368. The minimum Gasteiger partial charge on any atom is -0.377 e. The van der Waals surface area contributed by atoms with Gasteiger partial charge in [0.15, 0.2) is 0 Å². The molecule has 18 heavy (non-hydrogen) atoms. The first-order valence-electron chi connectivity index (χ1n) is 7.03. The molecule has 1 saturated heterocycles. The molecule has 5 heteroatoms. The van der Waals surface area contributed by atoms with Crippen LogP contribution >= 0.6 is 0 Å². The predicted molar refractivity (Wildman–Crippen MR) is 71.8 cm³/mol. The lowest BCUT2D eigenvalue weighted by molar-refractivity contribution is 0.126. The molecule has 1 heterocycles. The van der Waals surface area contributed by atoms with E-state index in [1.807, 2.05) is 6.92 Å². The Balaban J connectivity index is 1.96. The monoisotopic (exact) mass is 275 g/mol. The van der Waals surface area contributed by atoms with Gasteiger partial charge in [-0.25, -0.2) is 13.1 Å². The van der Waals surface area contributed by atoms with Crippen LogP contribution < -0.4 is 4.72 Å². The second-order valence-corrected chi connectivity index (χ2v) is 7.96. The highest BCUT2D eigenvalue weighted by atomic mass is 32.2. The first-order valence-corrected chi connectivity index (χ1v) is 8.57. The third-order valence-corrected chi connectivity index (χ3v) is 6.71. The molecule has 0 bridgehead atoms. The van der Waals surface area contributed by atoms with E-state index in [9.17, 15) is 8.42 Å². The van der Waals surface area contributed by atoms with Crippen molar-refractivity contribution in [3.8, 4) is 0 Å². The van der Waals surface area contributed by atoms with E-state index in [0.717, 1.165) is 19.3 Å². The standard InChI is InChI=1S/C13H25NO3S/c1-9-4-5-12(8-10(9)2)14-18(15,16)13-6-7-17-11(13)3/h9-14H,4-8H2,1-3H3/t9-,10+,11+,12+,13-/m1/s1. The van der Waals surface area contributed by atoms with Gasteiger partial charge in [-0.2, -0.15) is 0 Å². The third kappa shape index (κ3) is 3.06. The molecule has 0 unspecified atom stereocenters. The lowest BCUT2D eigenvalue weighted by Gasteiger charge is -2.33. The van der Waals surface area contributed by atoms with Crippen LogP contribution in [0.5, 0.6) is 0 Å². The predicted octanol–water partition coefficient (Wildman–Crippen LogP) is 1.91. The van der Waals surface area contributed by atoms with E-state index in [2.05, 4.69) is 18.6 Å². The highest BCUT2D eigenvalue weighted by Gasteiger charge is 2.38. The summed E-state index contributed by atoms with van der Waals surface area (Å²) >= 11 is 0. The van der Waals surface area contributed by atoms with Gasteiger partial charge in [0.1, 0.15) is 5.25 Å². The Hall–Kier alpha value is -0.130. The molecule has 4 nitrogen and oxygen atoms in total. The van der Waals surface area contributed by atoms with Crippen LogP contribution in [0.25, 0.3) is 0 Å². The lowest BCUT2D eigenvalue weighted by atomic mass is 9.79. The molecule has 0 spiro atoms. The average Bonchev–Trinajstić information content (AvgIpc) is 2.70. The molecule has 1 aliphatic heterocycles. The van der Waals surface area contributed by atoms with E-state index in [1.165, 1.54) is 0 Å². The fourth-order valence-electron chi connectivity index (χ4n) is 3.09. The first-order chi connectivity index (χ1) is 8.40. The maximum absolute atomic E-state index is 12.3. The molecule has 1 saturated carbocycles. The Morgan fingerprint density at radius 3 is 2.33 bits per heavy atom. The van der Waals surface area contributed by atoms with Crippen molar-refractivity contribution in [2.24, 2.45) is 11.8 Å². The first kappa shape index (κ1) is 14.3. The zero-order valence-electron chi connectivity index (χ0n) is 11.6. The summed E-state index contributed by atoms with van der Waals surface area (Å²) in [6.07, 6.45) is 3.48. The van der Waals surface area contributed by atoms with Gasteiger partial charge >= 0.3 is 0 Å². The van der Waals surface area contributed by atoms with Crippen molar-refractivity contribution < 1.29 is 13.2 Å². The SMILES string of the molecule is C[C@@H]1CC[C@H](NS(=O)(=O)[C@@H]2CCO[C@H]2C)C[C@@H]1C. The molecule has 0 aromatic carbocycles. The molecule has 0 amide bonds. The summed E-state index contributed by atoms with van der Waals surface area (Å²) in [5.41, 5.74) is 0. The molecule has 1 N–H and O–H groups in total. The molecule has 2 rings (SSSR count). The highest BCUT2D eigenvalue weighted by Crippen LogP contribution is 2.30. The van der Waals surface area contributed by atoms with E-state index in [4.69, 9.17) is 4.74 Å². The van der Waals surface area contributed by atoms with Crippen LogP contribution in [-0.2, 0) is 14.8 Å². The Kier molecular flexibility index (Phi) is 4.34. The largest absolute Gasteiger partial charge is 0.377 e. The smallest absolute Gasteiger partial charge is 0.217 e. The molecule has 1 aliphatic carbocycles. The van der Waals surface area contributed by atoms with E-state index in [0.29, 0.717) is 24.9 Å². The maximum Gasteiger partial charge on any atom is 0.217 e. The van der Waals surface area contributed by atoms with Gasteiger partial charge in [-0.05, 0) is 44.4 Å². The van der Waals surface area contributed by atoms with Crippen molar-refractivity contribution in [3.63, 3.8) is 0 Å². The summed E-state index contributed by atoms with van der Waals surface area (Å²) in [5.74, 6) is 1.31. The summed E-state index contributed by atoms with van der Waals surface area (Å²) < 4.78 is 32.9. The summed E-state index contributed by atoms with van der Waals surface area (Å²) in [7, 11) is -3.22. The van der Waals surface area contributed by atoms with Crippen molar-refractivity contribution >= 4 is 10.0 Å². The fraction of sp³-hybridized carbons (Fsp3) is 1.00. The Morgan fingerprint density at radius 1 is 1.06 bits per heavy atom. The van der Waals surface area contributed by atoms with Crippen LogP contribution in [-0.4, -0.2) is 32.4 Å².